The molecule has 0 spiro atoms. The minimum absolute atomic E-state index is 0.500. The maximum atomic E-state index is 12.6. The molecule has 0 saturated heterocycles. The predicted octanol–water partition coefficient (Wildman–Crippen LogP) is 2.76. The number of fused-ring (bicyclic) bond motifs is 1. The summed E-state index contributed by atoms with van der Waals surface area (Å²) in [6, 6.07) is 2.06. The molecule has 116 valence electrons. The van der Waals surface area contributed by atoms with Crippen molar-refractivity contribution in [2.45, 2.75) is 32.6 Å². The lowest BCUT2D eigenvalue weighted by atomic mass is 10.1. The average molecular weight is 308 g/mol. The largest absolute Gasteiger partial charge is 0.451 e. The van der Waals surface area contributed by atoms with E-state index in [-0.39, 0.29) is 0 Å². The second-order valence-electron chi connectivity index (χ2n) is 5.49. The van der Waals surface area contributed by atoms with Gasteiger partial charge in [0.15, 0.2) is 0 Å². The SMILES string of the molecule is Cc1cncc(CN2CCc3nc(C(F)(F)F)ncc3C2)c1. The molecule has 4 nitrogen and oxygen atoms in total. The van der Waals surface area contributed by atoms with Gasteiger partial charge in [-0.3, -0.25) is 9.88 Å². The van der Waals surface area contributed by atoms with Gasteiger partial charge in [-0.15, -0.1) is 0 Å². The molecule has 0 amide bonds. The van der Waals surface area contributed by atoms with Crippen LogP contribution in [0.25, 0.3) is 0 Å². The smallest absolute Gasteiger partial charge is 0.294 e. The Bertz CT molecular complexity index is 685. The van der Waals surface area contributed by atoms with Crippen LogP contribution in [0.5, 0.6) is 0 Å². The summed E-state index contributed by atoms with van der Waals surface area (Å²) in [4.78, 5) is 13.4. The first kappa shape index (κ1) is 14.9. The molecule has 0 radical (unpaired) electrons. The van der Waals surface area contributed by atoms with Gasteiger partial charge in [0, 0.05) is 50.2 Å². The Morgan fingerprint density at radius 1 is 1.23 bits per heavy atom. The summed E-state index contributed by atoms with van der Waals surface area (Å²) < 4.78 is 37.9. The van der Waals surface area contributed by atoms with Crippen LogP contribution in [0.2, 0.25) is 0 Å². The maximum absolute atomic E-state index is 12.6. The summed E-state index contributed by atoms with van der Waals surface area (Å²) in [5.41, 5.74) is 3.45. The molecular formula is C15H15F3N4. The Kier molecular flexibility index (Phi) is 3.82. The van der Waals surface area contributed by atoms with Crippen LogP contribution >= 0.6 is 0 Å². The molecule has 1 aliphatic rings. The summed E-state index contributed by atoms with van der Waals surface area (Å²) in [5.74, 6) is -1.05. The molecule has 0 aromatic carbocycles. The lowest BCUT2D eigenvalue weighted by Gasteiger charge is -2.28. The number of aryl methyl sites for hydroxylation is 1. The van der Waals surface area contributed by atoms with Crippen LogP contribution in [0.1, 0.15) is 28.2 Å². The molecule has 0 bridgehead atoms. The van der Waals surface area contributed by atoms with E-state index in [0.717, 1.165) is 23.2 Å². The molecule has 3 rings (SSSR count). The summed E-state index contributed by atoms with van der Waals surface area (Å²) in [7, 11) is 0. The molecule has 3 heterocycles. The molecule has 1 aliphatic heterocycles. The highest BCUT2D eigenvalue weighted by atomic mass is 19.4. The van der Waals surface area contributed by atoms with E-state index in [1.54, 1.807) is 6.20 Å². The molecule has 2 aromatic heterocycles. The third-order valence-electron chi connectivity index (χ3n) is 3.60. The molecule has 0 aliphatic carbocycles. The van der Waals surface area contributed by atoms with Gasteiger partial charge in [-0.05, 0) is 18.1 Å². The molecular weight excluding hydrogens is 293 g/mol. The van der Waals surface area contributed by atoms with Crippen molar-refractivity contribution in [3.05, 3.63) is 52.9 Å². The van der Waals surface area contributed by atoms with E-state index in [9.17, 15) is 13.2 Å². The van der Waals surface area contributed by atoms with Crippen LogP contribution < -0.4 is 0 Å². The molecule has 2 aromatic rings. The van der Waals surface area contributed by atoms with Crippen molar-refractivity contribution in [1.29, 1.82) is 0 Å². The first-order valence-corrected chi connectivity index (χ1v) is 6.97. The van der Waals surface area contributed by atoms with Crippen molar-refractivity contribution in [2.24, 2.45) is 0 Å². The standard InChI is InChI=1S/C15H15F3N4/c1-10-4-11(6-19-5-10)8-22-3-2-13-12(9-22)7-20-14(21-13)15(16,17)18/h4-7H,2-3,8-9H2,1H3. The number of nitrogens with zero attached hydrogens (tertiary/aromatic N) is 4. The summed E-state index contributed by atoms with van der Waals surface area (Å²) in [6.07, 6.45) is 0.915. The zero-order chi connectivity index (χ0) is 15.7. The Balaban J connectivity index is 1.74. The molecule has 0 fully saturated rings. The zero-order valence-corrected chi connectivity index (χ0v) is 12.1. The van der Waals surface area contributed by atoms with Crippen molar-refractivity contribution in [1.82, 2.24) is 19.9 Å². The molecule has 0 unspecified atom stereocenters. The average Bonchev–Trinajstić information content (AvgIpc) is 2.45. The number of hydrogen-bond donors (Lipinski definition) is 0. The number of rotatable bonds is 2. The Morgan fingerprint density at radius 3 is 2.77 bits per heavy atom. The molecule has 0 atom stereocenters. The quantitative estimate of drug-likeness (QED) is 0.855. The van der Waals surface area contributed by atoms with Gasteiger partial charge < -0.3 is 0 Å². The fourth-order valence-corrected chi connectivity index (χ4v) is 2.61. The van der Waals surface area contributed by atoms with Crippen LogP contribution in [-0.2, 0) is 25.7 Å². The normalized spacial score (nSPS) is 15.6. The Hall–Kier alpha value is -2.02. The Labute approximate surface area is 126 Å². The van der Waals surface area contributed by atoms with Gasteiger partial charge in [0.2, 0.25) is 5.82 Å². The van der Waals surface area contributed by atoms with E-state index in [1.165, 1.54) is 6.20 Å². The van der Waals surface area contributed by atoms with Gasteiger partial charge in [-0.1, -0.05) is 6.07 Å². The number of pyridine rings is 1. The van der Waals surface area contributed by atoms with Gasteiger partial charge in [0.1, 0.15) is 0 Å². The third kappa shape index (κ3) is 3.24. The number of halogens is 3. The van der Waals surface area contributed by atoms with Crippen molar-refractivity contribution in [2.75, 3.05) is 6.54 Å². The first-order valence-electron chi connectivity index (χ1n) is 6.97. The second kappa shape index (κ2) is 5.64. The summed E-state index contributed by atoms with van der Waals surface area (Å²) in [5, 5.41) is 0. The highest BCUT2D eigenvalue weighted by Gasteiger charge is 2.35. The van der Waals surface area contributed by atoms with E-state index < -0.39 is 12.0 Å². The van der Waals surface area contributed by atoms with E-state index in [1.807, 2.05) is 13.1 Å². The predicted molar refractivity (Wildman–Crippen MR) is 73.8 cm³/mol. The minimum Gasteiger partial charge on any atom is -0.294 e. The number of aromatic nitrogens is 3. The van der Waals surface area contributed by atoms with E-state index in [2.05, 4.69) is 25.9 Å². The van der Waals surface area contributed by atoms with Gasteiger partial charge in [0.05, 0.1) is 5.69 Å². The van der Waals surface area contributed by atoms with Crippen molar-refractivity contribution in [3.63, 3.8) is 0 Å². The van der Waals surface area contributed by atoms with Gasteiger partial charge in [0.25, 0.3) is 0 Å². The van der Waals surface area contributed by atoms with Gasteiger partial charge in [-0.2, -0.15) is 13.2 Å². The van der Waals surface area contributed by atoms with Crippen molar-refractivity contribution >= 4 is 0 Å². The van der Waals surface area contributed by atoms with Crippen molar-refractivity contribution < 1.29 is 13.2 Å². The fraction of sp³-hybridized carbons (Fsp3) is 0.400. The molecule has 0 saturated carbocycles. The maximum Gasteiger partial charge on any atom is 0.451 e. The lowest BCUT2D eigenvalue weighted by Crippen LogP contribution is -2.31. The lowest BCUT2D eigenvalue weighted by molar-refractivity contribution is -0.145. The highest BCUT2D eigenvalue weighted by molar-refractivity contribution is 5.22. The molecule has 22 heavy (non-hydrogen) atoms. The summed E-state index contributed by atoms with van der Waals surface area (Å²) >= 11 is 0. The second-order valence-corrected chi connectivity index (χ2v) is 5.49. The fourth-order valence-electron chi connectivity index (χ4n) is 2.61. The number of hydrogen-bond acceptors (Lipinski definition) is 4. The number of alkyl halides is 3. The van der Waals surface area contributed by atoms with Crippen LogP contribution in [0, 0.1) is 6.92 Å². The summed E-state index contributed by atoms with van der Waals surface area (Å²) in [6.45, 7) is 3.93. The topological polar surface area (TPSA) is 41.9 Å². The van der Waals surface area contributed by atoms with E-state index in [0.29, 0.717) is 25.2 Å². The van der Waals surface area contributed by atoms with Crippen LogP contribution in [0.4, 0.5) is 13.2 Å². The van der Waals surface area contributed by atoms with Gasteiger partial charge in [-0.25, -0.2) is 9.97 Å². The Morgan fingerprint density at radius 2 is 2.05 bits per heavy atom. The third-order valence-corrected chi connectivity index (χ3v) is 3.60. The minimum atomic E-state index is -4.49. The van der Waals surface area contributed by atoms with Crippen LogP contribution in [-0.4, -0.2) is 26.4 Å². The van der Waals surface area contributed by atoms with E-state index >= 15 is 0 Å². The molecule has 0 N–H and O–H groups in total. The van der Waals surface area contributed by atoms with E-state index in [4.69, 9.17) is 0 Å². The monoisotopic (exact) mass is 308 g/mol. The highest BCUT2D eigenvalue weighted by Crippen LogP contribution is 2.28. The van der Waals surface area contributed by atoms with Crippen LogP contribution in [0.15, 0.2) is 24.7 Å². The van der Waals surface area contributed by atoms with Crippen molar-refractivity contribution in [3.8, 4) is 0 Å². The van der Waals surface area contributed by atoms with Crippen LogP contribution in [0.3, 0.4) is 0 Å². The first-order chi connectivity index (χ1) is 10.4. The molecule has 7 heteroatoms. The zero-order valence-electron chi connectivity index (χ0n) is 12.1. The van der Waals surface area contributed by atoms with Gasteiger partial charge >= 0.3 is 6.18 Å².